The number of nitrogens with one attached hydrogen (secondary N) is 1. The van der Waals surface area contributed by atoms with Gasteiger partial charge in [0.1, 0.15) is 5.82 Å². The van der Waals surface area contributed by atoms with Gasteiger partial charge in [0.05, 0.1) is 0 Å². The molecular weight excluding hydrogens is 201 g/mol. The Morgan fingerprint density at radius 2 is 2.00 bits per heavy atom. The van der Waals surface area contributed by atoms with Gasteiger partial charge in [-0.25, -0.2) is 4.39 Å². The molecule has 1 nitrogen and oxygen atoms in total. The summed E-state index contributed by atoms with van der Waals surface area (Å²) in [6.45, 7) is 3.28. The van der Waals surface area contributed by atoms with Crippen molar-refractivity contribution in [3.05, 3.63) is 35.6 Å². The van der Waals surface area contributed by atoms with Gasteiger partial charge < -0.3 is 5.32 Å². The van der Waals surface area contributed by atoms with E-state index < -0.39 is 0 Å². The molecule has 1 N–H and O–H groups in total. The molecule has 0 spiro atoms. The van der Waals surface area contributed by atoms with E-state index in [2.05, 4.69) is 12.2 Å². The second kappa shape index (κ2) is 5.44. The van der Waals surface area contributed by atoms with E-state index in [4.69, 9.17) is 0 Å². The van der Waals surface area contributed by atoms with Gasteiger partial charge >= 0.3 is 0 Å². The molecule has 0 saturated heterocycles. The van der Waals surface area contributed by atoms with E-state index in [-0.39, 0.29) is 5.82 Å². The van der Waals surface area contributed by atoms with Gasteiger partial charge in [0.15, 0.2) is 0 Å². The fraction of sp³-hybridized carbons (Fsp3) is 0.571. The maximum atomic E-state index is 12.8. The summed E-state index contributed by atoms with van der Waals surface area (Å²) in [7, 11) is 0. The first-order valence-electron chi connectivity index (χ1n) is 6.28. The van der Waals surface area contributed by atoms with Crippen molar-refractivity contribution in [2.24, 2.45) is 5.92 Å². The third-order valence-electron chi connectivity index (χ3n) is 3.56. The zero-order valence-corrected chi connectivity index (χ0v) is 9.88. The molecule has 0 aromatic heterocycles. The van der Waals surface area contributed by atoms with Crippen LogP contribution in [0.5, 0.6) is 0 Å². The lowest BCUT2D eigenvalue weighted by atomic mass is 9.85. The van der Waals surface area contributed by atoms with Gasteiger partial charge in [-0.2, -0.15) is 0 Å². The number of hydrogen-bond donors (Lipinski definition) is 1. The molecular formula is C14H20FN. The average Bonchev–Trinajstić information content (AvgIpc) is 2.24. The second-order valence-electron chi connectivity index (χ2n) is 4.72. The van der Waals surface area contributed by atoms with E-state index in [1.165, 1.54) is 24.8 Å². The summed E-state index contributed by atoms with van der Waals surface area (Å²) in [6.07, 6.45) is 5.18. The number of hydrogen-bond acceptors (Lipinski definition) is 1. The zero-order valence-electron chi connectivity index (χ0n) is 9.88. The third-order valence-corrected chi connectivity index (χ3v) is 3.56. The lowest BCUT2D eigenvalue weighted by Gasteiger charge is -2.28. The van der Waals surface area contributed by atoms with Crippen LogP contribution in [0.1, 0.15) is 44.2 Å². The predicted molar refractivity (Wildman–Crippen MR) is 64.8 cm³/mol. The minimum atomic E-state index is -0.155. The molecule has 0 heterocycles. The monoisotopic (exact) mass is 221 g/mol. The van der Waals surface area contributed by atoms with Crippen molar-refractivity contribution in [2.45, 2.75) is 38.6 Å². The van der Waals surface area contributed by atoms with E-state index in [0.717, 1.165) is 18.9 Å². The summed E-state index contributed by atoms with van der Waals surface area (Å²) >= 11 is 0. The number of halogens is 1. The third kappa shape index (κ3) is 2.82. The van der Waals surface area contributed by atoms with Crippen LogP contribution in [0.4, 0.5) is 4.39 Å². The summed E-state index contributed by atoms with van der Waals surface area (Å²) in [5, 5.41) is 3.58. The second-order valence-corrected chi connectivity index (χ2v) is 4.72. The van der Waals surface area contributed by atoms with Crippen LogP contribution in [0.2, 0.25) is 0 Å². The van der Waals surface area contributed by atoms with Crippen LogP contribution >= 0.6 is 0 Å². The summed E-state index contributed by atoms with van der Waals surface area (Å²) in [6, 6.07) is 7.24. The molecule has 2 heteroatoms. The highest BCUT2D eigenvalue weighted by molar-refractivity contribution is 5.19. The van der Waals surface area contributed by atoms with Gasteiger partial charge in [-0.15, -0.1) is 0 Å². The van der Waals surface area contributed by atoms with Crippen molar-refractivity contribution < 1.29 is 4.39 Å². The van der Waals surface area contributed by atoms with Crippen molar-refractivity contribution in [3.63, 3.8) is 0 Å². The summed E-state index contributed by atoms with van der Waals surface area (Å²) in [4.78, 5) is 0. The Morgan fingerprint density at radius 1 is 1.31 bits per heavy atom. The Balaban J connectivity index is 1.90. The molecule has 0 radical (unpaired) electrons. The van der Waals surface area contributed by atoms with Gasteiger partial charge in [-0.1, -0.05) is 25.5 Å². The zero-order chi connectivity index (χ0) is 11.4. The van der Waals surface area contributed by atoms with Crippen LogP contribution in [0.25, 0.3) is 0 Å². The molecule has 1 fully saturated rings. The Hall–Kier alpha value is -0.890. The van der Waals surface area contributed by atoms with Gasteiger partial charge in [-0.3, -0.25) is 0 Å². The maximum absolute atomic E-state index is 12.8. The van der Waals surface area contributed by atoms with E-state index in [9.17, 15) is 4.39 Å². The summed E-state index contributed by atoms with van der Waals surface area (Å²) in [5.74, 6) is 0.715. The SMILES string of the molecule is CCC(NCC1CCC1)c1ccc(F)cc1. The fourth-order valence-electron chi connectivity index (χ4n) is 2.20. The summed E-state index contributed by atoms with van der Waals surface area (Å²) < 4.78 is 12.8. The first kappa shape index (κ1) is 11.6. The number of rotatable bonds is 5. The van der Waals surface area contributed by atoms with Crippen LogP contribution in [0, 0.1) is 11.7 Å². The molecule has 1 aliphatic carbocycles. The van der Waals surface area contributed by atoms with Gasteiger partial charge in [0.2, 0.25) is 0 Å². The smallest absolute Gasteiger partial charge is 0.123 e. The molecule has 1 aromatic carbocycles. The highest BCUT2D eigenvalue weighted by Crippen LogP contribution is 2.26. The van der Waals surface area contributed by atoms with Gasteiger partial charge in [0, 0.05) is 6.04 Å². The van der Waals surface area contributed by atoms with Crippen molar-refractivity contribution in [2.75, 3.05) is 6.54 Å². The molecule has 88 valence electrons. The molecule has 0 aliphatic heterocycles. The van der Waals surface area contributed by atoms with Crippen molar-refractivity contribution in [1.82, 2.24) is 5.32 Å². The van der Waals surface area contributed by atoms with E-state index >= 15 is 0 Å². The molecule has 1 saturated carbocycles. The quantitative estimate of drug-likeness (QED) is 0.800. The predicted octanol–water partition coefficient (Wildman–Crippen LogP) is 3.67. The van der Waals surface area contributed by atoms with Crippen molar-refractivity contribution >= 4 is 0 Å². The molecule has 1 atom stereocenters. The van der Waals surface area contributed by atoms with Gasteiger partial charge in [-0.05, 0) is 49.4 Å². The van der Waals surface area contributed by atoms with Crippen molar-refractivity contribution in [1.29, 1.82) is 0 Å². The summed E-state index contributed by atoms with van der Waals surface area (Å²) in [5.41, 5.74) is 1.20. The molecule has 1 aromatic rings. The van der Waals surface area contributed by atoms with E-state index in [1.54, 1.807) is 12.1 Å². The molecule has 16 heavy (non-hydrogen) atoms. The number of benzene rings is 1. The largest absolute Gasteiger partial charge is 0.310 e. The fourth-order valence-corrected chi connectivity index (χ4v) is 2.20. The molecule has 2 rings (SSSR count). The minimum absolute atomic E-state index is 0.155. The normalized spacial score (nSPS) is 18.1. The lowest BCUT2D eigenvalue weighted by Crippen LogP contribution is -2.30. The van der Waals surface area contributed by atoms with E-state index in [1.807, 2.05) is 12.1 Å². The Labute approximate surface area is 97.1 Å². The van der Waals surface area contributed by atoms with Crippen LogP contribution in [0.15, 0.2) is 24.3 Å². The Bertz CT molecular complexity index is 316. The van der Waals surface area contributed by atoms with Crippen LogP contribution in [0.3, 0.4) is 0 Å². The van der Waals surface area contributed by atoms with Gasteiger partial charge in [0.25, 0.3) is 0 Å². The molecule has 1 aliphatic rings. The average molecular weight is 221 g/mol. The molecule has 0 bridgehead atoms. The minimum Gasteiger partial charge on any atom is -0.310 e. The van der Waals surface area contributed by atoms with Crippen LogP contribution in [-0.4, -0.2) is 6.54 Å². The standard InChI is InChI=1S/C14H20FN/c1-2-14(16-10-11-4-3-5-11)12-6-8-13(15)9-7-12/h6-9,11,14,16H,2-5,10H2,1H3. The highest BCUT2D eigenvalue weighted by atomic mass is 19.1. The Morgan fingerprint density at radius 3 is 2.50 bits per heavy atom. The van der Waals surface area contributed by atoms with E-state index in [0.29, 0.717) is 6.04 Å². The molecule has 0 amide bonds. The maximum Gasteiger partial charge on any atom is 0.123 e. The highest BCUT2D eigenvalue weighted by Gasteiger charge is 2.18. The molecule has 1 unspecified atom stereocenters. The lowest BCUT2D eigenvalue weighted by molar-refractivity contribution is 0.288. The van der Waals surface area contributed by atoms with Crippen LogP contribution in [-0.2, 0) is 0 Å². The van der Waals surface area contributed by atoms with Crippen LogP contribution < -0.4 is 5.32 Å². The van der Waals surface area contributed by atoms with Crippen molar-refractivity contribution in [3.8, 4) is 0 Å². The Kier molecular flexibility index (Phi) is 3.94. The first-order valence-corrected chi connectivity index (χ1v) is 6.28. The topological polar surface area (TPSA) is 12.0 Å². The first-order chi connectivity index (χ1) is 7.79.